The van der Waals surface area contributed by atoms with Gasteiger partial charge in [-0.2, -0.15) is 10.4 Å². The fourth-order valence-corrected chi connectivity index (χ4v) is 1.86. The second-order valence-electron chi connectivity index (χ2n) is 4.53. The minimum absolute atomic E-state index is 0.257. The molecule has 0 saturated carbocycles. The average Bonchev–Trinajstić information content (AvgIpc) is 2.92. The van der Waals surface area contributed by atoms with E-state index in [0.29, 0.717) is 16.9 Å². The van der Waals surface area contributed by atoms with E-state index in [2.05, 4.69) is 22.4 Å². The van der Waals surface area contributed by atoms with Crippen molar-refractivity contribution >= 4 is 11.7 Å². The third-order valence-electron chi connectivity index (χ3n) is 3.03. The molecule has 1 aromatic heterocycles. The van der Waals surface area contributed by atoms with Crippen LogP contribution in [0.25, 0.3) is 0 Å². The molecule has 0 spiro atoms. The number of nitrogens with zero attached hydrogens (tertiary/aromatic N) is 2. The van der Waals surface area contributed by atoms with Crippen molar-refractivity contribution in [2.24, 2.45) is 0 Å². The maximum Gasteiger partial charge on any atom is 0.256 e. The van der Waals surface area contributed by atoms with Gasteiger partial charge < -0.3 is 5.32 Å². The number of nitrogens with one attached hydrogen (secondary N) is 2. The molecule has 0 fully saturated rings. The summed E-state index contributed by atoms with van der Waals surface area (Å²) >= 11 is 0. The van der Waals surface area contributed by atoms with E-state index in [4.69, 9.17) is 5.26 Å². The number of rotatable bonds is 5. The fourth-order valence-electron chi connectivity index (χ4n) is 1.86. The summed E-state index contributed by atoms with van der Waals surface area (Å²) in [5.74, 6) is 0.0698. The normalized spacial score (nSPS) is 10.0. The second kappa shape index (κ2) is 6.53. The van der Waals surface area contributed by atoms with Crippen LogP contribution in [0.5, 0.6) is 0 Å². The van der Waals surface area contributed by atoms with Crippen molar-refractivity contribution in [2.75, 3.05) is 5.32 Å². The van der Waals surface area contributed by atoms with Crippen molar-refractivity contribution in [3.8, 4) is 6.07 Å². The Bertz CT molecular complexity index is 622. The van der Waals surface area contributed by atoms with Crippen molar-refractivity contribution in [1.29, 1.82) is 5.26 Å². The van der Waals surface area contributed by atoms with E-state index in [9.17, 15) is 4.79 Å². The van der Waals surface area contributed by atoms with Crippen molar-refractivity contribution in [2.45, 2.75) is 26.2 Å². The Morgan fingerprint density at radius 3 is 2.80 bits per heavy atom. The summed E-state index contributed by atoms with van der Waals surface area (Å²) in [6.45, 7) is 2.15. The first-order chi connectivity index (χ1) is 9.74. The number of hydrogen-bond donors (Lipinski definition) is 2. The van der Waals surface area contributed by atoms with Crippen molar-refractivity contribution in [3.63, 3.8) is 0 Å². The number of nitriles is 1. The predicted octanol–water partition coefficient (Wildman–Crippen LogP) is 2.88. The molecule has 0 saturated heterocycles. The molecule has 0 atom stereocenters. The molecule has 0 radical (unpaired) electrons. The molecule has 0 aliphatic carbocycles. The molecule has 0 aliphatic rings. The van der Waals surface area contributed by atoms with Gasteiger partial charge >= 0.3 is 0 Å². The van der Waals surface area contributed by atoms with Gasteiger partial charge in [-0.15, -0.1) is 0 Å². The molecule has 1 aromatic carbocycles. The number of aromatic amines is 1. The Morgan fingerprint density at radius 2 is 2.15 bits per heavy atom. The average molecular weight is 268 g/mol. The molecule has 20 heavy (non-hydrogen) atoms. The molecule has 2 rings (SSSR count). The van der Waals surface area contributed by atoms with Crippen molar-refractivity contribution in [3.05, 3.63) is 47.2 Å². The third-order valence-corrected chi connectivity index (χ3v) is 3.03. The molecule has 0 unspecified atom stereocenters. The Hall–Kier alpha value is -2.61. The van der Waals surface area contributed by atoms with Crippen molar-refractivity contribution < 1.29 is 4.79 Å². The Kier molecular flexibility index (Phi) is 4.51. The van der Waals surface area contributed by atoms with Crippen LogP contribution >= 0.6 is 0 Å². The van der Waals surface area contributed by atoms with E-state index >= 15 is 0 Å². The van der Waals surface area contributed by atoms with Crippen LogP contribution in [0.4, 0.5) is 5.82 Å². The number of hydrogen-bond acceptors (Lipinski definition) is 3. The molecule has 0 bridgehead atoms. The van der Waals surface area contributed by atoms with E-state index in [0.717, 1.165) is 19.3 Å². The van der Waals surface area contributed by atoms with E-state index < -0.39 is 0 Å². The molecule has 1 heterocycles. The lowest BCUT2D eigenvalue weighted by Gasteiger charge is -2.05. The molecule has 102 valence electrons. The zero-order chi connectivity index (χ0) is 14.4. The molecule has 1 amide bonds. The van der Waals surface area contributed by atoms with E-state index in [-0.39, 0.29) is 5.91 Å². The molecule has 2 N–H and O–H groups in total. The fraction of sp³-hybridized carbons (Fsp3) is 0.267. The lowest BCUT2D eigenvalue weighted by molar-refractivity contribution is 0.102. The number of unbranched alkanes of at least 4 members (excludes halogenated alkanes) is 1. The highest BCUT2D eigenvalue weighted by atomic mass is 16.1. The highest BCUT2D eigenvalue weighted by Gasteiger charge is 2.10. The standard InChI is InChI=1S/C15H16N4O/c1-2-3-4-11-5-7-12(8-6-11)15(20)18-14-13(9-16)10-17-19-14/h5-8,10H,2-4H2,1H3,(H2,17,18,19,20). The number of carbonyl (C=O) groups excluding carboxylic acids is 1. The smallest absolute Gasteiger partial charge is 0.256 e. The molecule has 2 aromatic rings. The van der Waals surface area contributed by atoms with Crippen molar-refractivity contribution in [1.82, 2.24) is 10.2 Å². The van der Waals surface area contributed by atoms with E-state index in [1.807, 2.05) is 18.2 Å². The number of anilines is 1. The van der Waals surface area contributed by atoms with Gasteiger partial charge in [0.15, 0.2) is 0 Å². The lowest BCUT2D eigenvalue weighted by Crippen LogP contribution is -2.13. The van der Waals surface area contributed by atoms with Crippen LogP contribution in [0, 0.1) is 11.3 Å². The first-order valence-corrected chi connectivity index (χ1v) is 6.58. The van der Waals surface area contributed by atoms with Crippen LogP contribution in [-0.2, 0) is 6.42 Å². The lowest BCUT2D eigenvalue weighted by atomic mass is 10.1. The van der Waals surface area contributed by atoms with E-state index in [1.54, 1.807) is 12.1 Å². The highest BCUT2D eigenvalue weighted by Crippen LogP contribution is 2.12. The zero-order valence-electron chi connectivity index (χ0n) is 11.3. The number of aromatic nitrogens is 2. The van der Waals surface area contributed by atoms with Gasteiger partial charge in [0.1, 0.15) is 17.5 Å². The summed E-state index contributed by atoms with van der Waals surface area (Å²) in [7, 11) is 0. The maximum absolute atomic E-state index is 12.0. The number of aryl methyl sites for hydroxylation is 1. The molecule has 0 aliphatic heterocycles. The Morgan fingerprint density at radius 1 is 1.40 bits per heavy atom. The number of benzene rings is 1. The van der Waals surface area contributed by atoms with Gasteiger partial charge in [0.2, 0.25) is 0 Å². The number of carbonyl (C=O) groups is 1. The quantitative estimate of drug-likeness (QED) is 0.874. The zero-order valence-corrected chi connectivity index (χ0v) is 11.3. The van der Waals surface area contributed by atoms with Crippen LogP contribution in [0.1, 0.15) is 41.3 Å². The third kappa shape index (κ3) is 3.23. The maximum atomic E-state index is 12.0. The van der Waals surface area contributed by atoms with Gasteiger partial charge in [-0.1, -0.05) is 25.5 Å². The van der Waals surface area contributed by atoms with Gasteiger partial charge in [0.05, 0.1) is 6.20 Å². The highest BCUT2D eigenvalue weighted by molar-refractivity contribution is 6.04. The summed E-state index contributed by atoms with van der Waals surface area (Å²) in [5.41, 5.74) is 2.10. The van der Waals surface area contributed by atoms with Crippen LogP contribution in [-0.4, -0.2) is 16.1 Å². The number of H-pyrrole nitrogens is 1. The minimum Gasteiger partial charge on any atom is -0.306 e. The second-order valence-corrected chi connectivity index (χ2v) is 4.53. The van der Waals surface area contributed by atoms with Gasteiger partial charge in [-0.3, -0.25) is 9.89 Å². The van der Waals surface area contributed by atoms with E-state index in [1.165, 1.54) is 11.8 Å². The Balaban J connectivity index is 2.04. The van der Waals surface area contributed by atoms with Crippen LogP contribution in [0.2, 0.25) is 0 Å². The van der Waals surface area contributed by atoms with Crippen LogP contribution in [0.15, 0.2) is 30.5 Å². The van der Waals surface area contributed by atoms with Gasteiger partial charge in [-0.25, -0.2) is 0 Å². The molecule has 5 nitrogen and oxygen atoms in total. The molecular formula is C15H16N4O. The van der Waals surface area contributed by atoms with Crippen LogP contribution in [0.3, 0.4) is 0 Å². The summed E-state index contributed by atoms with van der Waals surface area (Å²) in [5, 5.41) is 17.8. The SMILES string of the molecule is CCCCc1ccc(C(=O)Nc2[nH]ncc2C#N)cc1. The number of amides is 1. The minimum atomic E-state index is -0.257. The predicted molar refractivity (Wildman–Crippen MR) is 76.3 cm³/mol. The summed E-state index contributed by atoms with van der Waals surface area (Å²) in [6.07, 6.45) is 4.70. The molecule has 5 heteroatoms. The summed E-state index contributed by atoms with van der Waals surface area (Å²) in [6, 6.07) is 9.47. The van der Waals surface area contributed by atoms with Gasteiger partial charge in [0.25, 0.3) is 5.91 Å². The summed E-state index contributed by atoms with van der Waals surface area (Å²) in [4.78, 5) is 12.0. The monoisotopic (exact) mass is 268 g/mol. The first-order valence-electron chi connectivity index (χ1n) is 6.58. The van der Waals surface area contributed by atoms with Crippen LogP contribution < -0.4 is 5.32 Å². The molecular weight excluding hydrogens is 252 g/mol. The largest absolute Gasteiger partial charge is 0.306 e. The van der Waals surface area contributed by atoms with Gasteiger partial charge in [-0.05, 0) is 30.5 Å². The summed E-state index contributed by atoms with van der Waals surface area (Å²) < 4.78 is 0. The Labute approximate surface area is 117 Å². The van der Waals surface area contributed by atoms with Gasteiger partial charge in [0, 0.05) is 5.56 Å². The first kappa shape index (κ1) is 13.8. The topological polar surface area (TPSA) is 81.6 Å².